The van der Waals surface area contributed by atoms with E-state index in [1.54, 1.807) is 0 Å². The second kappa shape index (κ2) is 7.50. The Balaban J connectivity index is 1.76. The van der Waals surface area contributed by atoms with Crippen molar-refractivity contribution in [2.75, 3.05) is 0 Å². The molecule has 0 spiro atoms. The number of alkyl halides is 3. The molecule has 1 heterocycles. The van der Waals surface area contributed by atoms with Crippen LogP contribution in [-0.4, -0.2) is 11.0 Å². The van der Waals surface area contributed by atoms with Gasteiger partial charge in [0.15, 0.2) is 0 Å². The maximum atomic E-state index is 12.6. The molecule has 2 N–H and O–H groups in total. The number of aryl methyl sites for hydroxylation is 1. The second-order valence-electron chi connectivity index (χ2n) is 6.70. The topological polar surface area (TPSA) is 48.1 Å². The number of rotatable bonds is 3. The Hall–Kier alpha value is -2.34. The zero-order valence-corrected chi connectivity index (χ0v) is 14.5. The molecule has 1 aromatic heterocycles. The summed E-state index contributed by atoms with van der Waals surface area (Å²) in [4.78, 5) is 3.75. The number of allylic oxidation sites excluding steroid dienone is 1. The third-order valence-electron chi connectivity index (χ3n) is 4.40. The molecule has 1 saturated carbocycles. The number of aromatic nitrogens is 1. The smallest absolute Gasteiger partial charge is 0.417 e. The van der Waals surface area contributed by atoms with Gasteiger partial charge in [-0.15, -0.1) is 0 Å². The molecule has 6 heteroatoms. The van der Waals surface area contributed by atoms with E-state index in [9.17, 15) is 13.2 Å². The Morgan fingerprint density at radius 1 is 1.15 bits per heavy atom. The van der Waals surface area contributed by atoms with Crippen LogP contribution in [0.3, 0.4) is 0 Å². The van der Waals surface area contributed by atoms with Crippen LogP contribution >= 0.6 is 0 Å². The van der Waals surface area contributed by atoms with Crippen molar-refractivity contribution in [1.29, 1.82) is 0 Å². The average molecular weight is 362 g/mol. The monoisotopic (exact) mass is 362 g/mol. The first kappa shape index (κ1) is 18.5. The number of pyridine rings is 1. The van der Waals surface area contributed by atoms with E-state index >= 15 is 0 Å². The number of hydrogen-bond acceptors (Lipinski definition) is 3. The van der Waals surface area contributed by atoms with E-state index in [1.165, 1.54) is 11.6 Å². The minimum atomic E-state index is -4.41. The van der Waals surface area contributed by atoms with Gasteiger partial charge in [0.05, 0.1) is 5.56 Å². The molecule has 0 bridgehead atoms. The Kier molecular flexibility index (Phi) is 5.32. The number of nitrogens with zero attached hydrogens (tertiary/aromatic N) is 1. The van der Waals surface area contributed by atoms with Crippen LogP contribution in [0.5, 0.6) is 11.6 Å². The standard InChI is InChI=1S/C20H21F3N2O/c1-13-8-15(10-14-2-5-17(24)6-3-14)11-18(9-13)26-19-7-4-16(12-25-19)20(21,22)23/h4,7-12,17H,2-3,5-6,24H2,1H3. The molecule has 0 atom stereocenters. The molecule has 0 radical (unpaired) electrons. The van der Waals surface area contributed by atoms with Crippen LogP contribution in [0.15, 0.2) is 42.1 Å². The van der Waals surface area contributed by atoms with Gasteiger partial charge in [-0.05, 0) is 61.9 Å². The summed E-state index contributed by atoms with van der Waals surface area (Å²) in [6.45, 7) is 1.95. The third-order valence-corrected chi connectivity index (χ3v) is 4.40. The first-order chi connectivity index (χ1) is 12.3. The molecule has 1 aliphatic rings. The Bertz CT molecular complexity index is 788. The molecule has 0 saturated heterocycles. The number of nitrogens with two attached hydrogens (primary N) is 1. The summed E-state index contributed by atoms with van der Waals surface area (Å²) in [6.07, 6.45) is 2.49. The SMILES string of the molecule is Cc1cc(C=C2CCC(N)CC2)cc(Oc2ccc(C(F)(F)F)cn2)c1. The lowest BCUT2D eigenvalue weighted by Crippen LogP contribution is -2.23. The molecule has 1 fully saturated rings. The van der Waals surface area contributed by atoms with Gasteiger partial charge in [-0.1, -0.05) is 17.7 Å². The summed E-state index contributed by atoms with van der Waals surface area (Å²) in [6, 6.07) is 8.23. The van der Waals surface area contributed by atoms with Gasteiger partial charge < -0.3 is 10.5 Å². The van der Waals surface area contributed by atoms with Gasteiger partial charge in [0.25, 0.3) is 0 Å². The van der Waals surface area contributed by atoms with Crippen molar-refractivity contribution in [3.63, 3.8) is 0 Å². The van der Waals surface area contributed by atoms with Crippen LogP contribution in [0.4, 0.5) is 13.2 Å². The fraction of sp³-hybridized carbons (Fsp3) is 0.350. The highest BCUT2D eigenvalue weighted by molar-refractivity contribution is 5.57. The van der Waals surface area contributed by atoms with Crippen molar-refractivity contribution >= 4 is 6.08 Å². The minimum Gasteiger partial charge on any atom is -0.439 e. The summed E-state index contributed by atoms with van der Waals surface area (Å²) in [7, 11) is 0. The van der Waals surface area contributed by atoms with Gasteiger partial charge in [-0.2, -0.15) is 13.2 Å². The van der Waals surface area contributed by atoms with E-state index in [-0.39, 0.29) is 11.9 Å². The van der Waals surface area contributed by atoms with Crippen molar-refractivity contribution in [2.24, 2.45) is 5.73 Å². The molecule has 0 aliphatic heterocycles. The highest BCUT2D eigenvalue weighted by Gasteiger charge is 2.30. The zero-order valence-electron chi connectivity index (χ0n) is 14.5. The van der Waals surface area contributed by atoms with Gasteiger partial charge in [0, 0.05) is 18.3 Å². The molecule has 138 valence electrons. The van der Waals surface area contributed by atoms with Crippen molar-refractivity contribution in [3.8, 4) is 11.6 Å². The Morgan fingerprint density at radius 3 is 2.50 bits per heavy atom. The predicted molar refractivity (Wildman–Crippen MR) is 94.9 cm³/mol. The lowest BCUT2D eigenvalue weighted by molar-refractivity contribution is -0.137. The normalized spacial score (nSPS) is 17.9. The molecule has 26 heavy (non-hydrogen) atoms. The van der Waals surface area contributed by atoms with Crippen molar-refractivity contribution in [1.82, 2.24) is 4.98 Å². The van der Waals surface area contributed by atoms with Crippen molar-refractivity contribution in [2.45, 2.75) is 44.8 Å². The fourth-order valence-corrected chi connectivity index (χ4v) is 3.04. The van der Waals surface area contributed by atoms with Crippen LogP contribution in [0.1, 0.15) is 42.4 Å². The molecule has 1 aliphatic carbocycles. The summed E-state index contributed by atoms with van der Waals surface area (Å²) in [5.41, 5.74) is 8.52. The van der Waals surface area contributed by atoms with Crippen LogP contribution in [0.25, 0.3) is 6.08 Å². The first-order valence-electron chi connectivity index (χ1n) is 8.57. The van der Waals surface area contributed by atoms with Crippen LogP contribution < -0.4 is 10.5 Å². The van der Waals surface area contributed by atoms with Crippen LogP contribution in [0, 0.1) is 6.92 Å². The summed E-state index contributed by atoms with van der Waals surface area (Å²) < 4.78 is 43.5. The molecular formula is C20H21F3N2O. The Morgan fingerprint density at radius 2 is 1.88 bits per heavy atom. The fourth-order valence-electron chi connectivity index (χ4n) is 3.04. The molecule has 2 aromatic rings. The summed E-state index contributed by atoms with van der Waals surface area (Å²) in [5, 5.41) is 0. The third kappa shape index (κ3) is 4.85. The Labute approximate surface area is 150 Å². The zero-order chi connectivity index (χ0) is 18.7. The lowest BCUT2D eigenvalue weighted by atomic mass is 9.90. The van der Waals surface area contributed by atoms with E-state index in [0.29, 0.717) is 5.75 Å². The van der Waals surface area contributed by atoms with Crippen LogP contribution in [-0.2, 0) is 6.18 Å². The van der Waals surface area contributed by atoms with E-state index in [2.05, 4.69) is 17.1 Å². The predicted octanol–water partition coefficient (Wildman–Crippen LogP) is 5.49. The van der Waals surface area contributed by atoms with E-state index in [4.69, 9.17) is 10.5 Å². The van der Waals surface area contributed by atoms with E-state index < -0.39 is 11.7 Å². The maximum Gasteiger partial charge on any atom is 0.417 e. The molecule has 3 nitrogen and oxygen atoms in total. The number of halogens is 3. The maximum absolute atomic E-state index is 12.6. The molecule has 1 aromatic carbocycles. The largest absolute Gasteiger partial charge is 0.439 e. The first-order valence-corrected chi connectivity index (χ1v) is 8.57. The lowest BCUT2D eigenvalue weighted by Gasteiger charge is -2.20. The molecule has 0 amide bonds. The number of hydrogen-bond donors (Lipinski definition) is 1. The molecular weight excluding hydrogens is 341 g/mol. The van der Waals surface area contributed by atoms with E-state index in [1.807, 2.05) is 19.1 Å². The highest BCUT2D eigenvalue weighted by atomic mass is 19.4. The van der Waals surface area contributed by atoms with Gasteiger partial charge >= 0.3 is 6.18 Å². The molecule has 3 rings (SSSR count). The highest BCUT2D eigenvalue weighted by Crippen LogP contribution is 2.31. The minimum absolute atomic E-state index is 0.130. The number of ether oxygens (including phenoxy) is 1. The van der Waals surface area contributed by atoms with Gasteiger partial charge in [0.1, 0.15) is 5.75 Å². The van der Waals surface area contributed by atoms with Crippen molar-refractivity contribution < 1.29 is 17.9 Å². The van der Waals surface area contributed by atoms with Crippen LogP contribution in [0.2, 0.25) is 0 Å². The second-order valence-corrected chi connectivity index (χ2v) is 6.70. The average Bonchev–Trinajstić information content (AvgIpc) is 2.56. The van der Waals surface area contributed by atoms with Gasteiger partial charge in [-0.25, -0.2) is 4.98 Å². The van der Waals surface area contributed by atoms with Gasteiger partial charge in [-0.3, -0.25) is 0 Å². The van der Waals surface area contributed by atoms with Gasteiger partial charge in [0.2, 0.25) is 5.88 Å². The number of benzene rings is 1. The summed E-state index contributed by atoms with van der Waals surface area (Å²) >= 11 is 0. The van der Waals surface area contributed by atoms with E-state index in [0.717, 1.165) is 49.1 Å². The summed E-state index contributed by atoms with van der Waals surface area (Å²) in [5.74, 6) is 0.683. The molecule has 0 unspecified atom stereocenters. The van der Waals surface area contributed by atoms with Crippen molar-refractivity contribution in [3.05, 3.63) is 58.8 Å². The quantitative estimate of drug-likeness (QED) is 0.786.